The zero-order chi connectivity index (χ0) is 14.7. The van der Waals surface area contributed by atoms with Crippen LogP contribution in [-0.4, -0.2) is 43.2 Å². The van der Waals surface area contributed by atoms with Crippen LogP contribution >= 0.6 is 0 Å². The summed E-state index contributed by atoms with van der Waals surface area (Å²) in [5.41, 5.74) is 1.02. The van der Waals surface area contributed by atoms with Crippen molar-refractivity contribution in [2.45, 2.75) is 25.4 Å². The Morgan fingerprint density at radius 3 is 2.90 bits per heavy atom. The second-order valence-electron chi connectivity index (χ2n) is 5.73. The Balaban J connectivity index is 1.75. The molecule has 0 saturated heterocycles. The van der Waals surface area contributed by atoms with Crippen LogP contribution in [0.5, 0.6) is 5.88 Å². The molecule has 1 fully saturated rings. The van der Waals surface area contributed by atoms with Gasteiger partial charge in [0.25, 0.3) is 0 Å². The normalized spacial score (nSPS) is 14.8. The molecular weight excluding hydrogens is 262 g/mol. The van der Waals surface area contributed by atoms with Gasteiger partial charge in [-0.25, -0.2) is 4.98 Å². The molecule has 0 atom stereocenters. The average molecular weight is 285 g/mol. The van der Waals surface area contributed by atoms with Crippen LogP contribution in [0.1, 0.15) is 18.5 Å². The highest BCUT2D eigenvalue weighted by Crippen LogP contribution is 2.26. The lowest BCUT2D eigenvalue weighted by Crippen LogP contribution is -2.26. The molecule has 0 unspecified atom stereocenters. The van der Waals surface area contributed by atoms with E-state index in [1.54, 1.807) is 0 Å². The van der Waals surface area contributed by atoms with E-state index in [9.17, 15) is 0 Å². The van der Waals surface area contributed by atoms with Crippen molar-refractivity contribution in [1.82, 2.24) is 15.2 Å². The molecule has 1 aliphatic rings. The summed E-state index contributed by atoms with van der Waals surface area (Å²) in [6.07, 6.45) is 2.66. The van der Waals surface area contributed by atoms with E-state index in [1.807, 2.05) is 13.1 Å². The van der Waals surface area contributed by atoms with Gasteiger partial charge in [-0.15, -0.1) is 0 Å². The van der Waals surface area contributed by atoms with Crippen LogP contribution in [0.2, 0.25) is 0 Å². The molecule has 1 aliphatic carbocycles. The standard InChI is InChI=1S/C17H23N3O/c1-18-12-14-11-13-5-3-4-6-16(13)17(19-14)21-10-9-20(2)15-7-8-15/h3-6,11,15,18H,7-10,12H2,1-2H3. The Labute approximate surface area is 126 Å². The van der Waals surface area contributed by atoms with Crippen molar-refractivity contribution in [3.05, 3.63) is 36.0 Å². The Morgan fingerprint density at radius 1 is 1.33 bits per heavy atom. The average Bonchev–Trinajstić information content (AvgIpc) is 3.32. The van der Waals surface area contributed by atoms with Gasteiger partial charge >= 0.3 is 0 Å². The van der Waals surface area contributed by atoms with Gasteiger partial charge in [-0.3, -0.25) is 0 Å². The fourth-order valence-electron chi connectivity index (χ4n) is 2.59. The Bertz CT molecular complexity index is 610. The van der Waals surface area contributed by atoms with Crippen LogP contribution < -0.4 is 10.1 Å². The van der Waals surface area contributed by atoms with Gasteiger partial charge in [0, 0.05) is 24.5 Å². The topological polar surface area (TPSA) is 37.4 Å². The number of hydrogen-bond acceptors (Lipinski definition) is 4. The van der Waals surface area contributed by atoms with E-state index in [0.717, 1.165) is 36.1 Å². The maximum absolute atomic E-state index is 5.97. The van der Waals surface area contributed by atoms with Crippen molar-refractivity contribution in [3.63, 3.8) is 0 Å². The Hall–Kier alpha value is -1.65. The quantitative estimate of drug-likeness (QED) is 0.848. The van der Waals surface area contributed by atoms with Gasteiger partial charge < -0.3 is 15.0 Å². The fraction of sp³-hybridized carbons (Fsp3) is 0.471. The van der Waals surface area contributed by atoms with E-state index in [1.165, 1.54) is 18.2 Å². The van der Waals surface area contributed by atoms with Gasteiger partial charge in [0.2, 0.25) is 5.88 Å². The monoisotopic (exact) mass is 285 g/mol. The molecule has 4 heteroatoms. The number of pyridine rings is 1. The number of nitrogens with one attached hydrogen (secondary N) is 1. The summed E-state index contributed by atoms with van der Waals surface area (Å²) in [5, 5.41) is 5.42. The minimum atomic E-state index is 0.688. The van der Waals surface area contributed by atoms with E-state index in [2.05, 4.69) is 46.5 Å². The van der Waals surface area contributed by atoms with Crippen LogP contribution in [-0.2, 0) is 6.54 Å². The number of benzene rings is 1. The summed E-state index contributed by atoms with van der Waals surface area (Å²) >= 11 is 0. The van der Waals surface area contributed by atoms with Gasteiger partial charge in [-0.05, 0) is 44.5 Å². The van der Waals surface area contributed by atoms with Crippen molar-refractivity contribution in [1.29, 1.82) is 0 Å². The number of likely N-dealkylation sites (N-methyl/N-ethyl adjacent to an activating group) is 1. The molecule has 0 amide bonds. The van der Waals surface area contributed by atoms with Crippen LogP contribution in [0.25, 0.3) is 10.8 Å². The number of rotatable bonds is 7. The largest absolute Gasteiger partial charge is 0.476 e. The Morgan fingerprint density at radius 2 is 2.14 bits per heavy atom. The van der Waals surface area contributed by atoms with Crippen molar-refractivity contribution in [3.8, 4) is 5.88 Å². The van der Waals surface area contributed by atoms with Gasteiger partial charge in [0.05, 0.1) is 5.69 Å². The highest BCUT2D eigenvalue weighted by atomic mass is 16.5. The molecule has 0 spiro atoms. The van der Waals surface area contributed by atoms with E-state index in [0.29, 0.717) is 6.61 Å². The number of aromatic nitrogens is 1. The molecule has 0 aliphatic heterocycles. The zero-order valence-electron chi connectivity index (χ0n) is 12.8. The molecule has 1 aromatic carbocycles. The minimum Gasteiger partial charge on any atom is -0.476 e. The lowest BCUT2D eigenvalue weighted by molar-refractivity contribution is 0.228. The van der Waals surface area contributed by atoms with E-state index in [4.69, 9.17) is 4.74 Å². The van der Waals surface area contributed by atoms with Crippen molar-refractivity contribution in [2.24, 2.45) is 0 Å². The highest BCUT2D eigenvalue weighted by molar-refractivity contribution is 5.87. The number of fused-ring (bicyclic) bond motifs is 1. The van der Waals surface area contributed by atoms with Crippen molar-refractivity contribution < 1.29 is 4.74 Å². The SMILES string of the molecule is CNCc1cc2ccccc2c(OCCN(C)C2CC2)n1. The van der Waals surface area contributed by atoms with E-state index in [-0.39, 0.29) is 0 Å². The van der Waals surface area contributed by atoms with E-state index >= 15 is 0 Å². The van der Waals surface area contributed by atoms with Gasteiger partial charge in [-0.2, -0.15) is 0 Å². The first kappa shape index (κ1) is 14.3. The first-order chi connectivity index (χ1) is 10.3. The first-order valence-electron chi connectivity index (χ1n) is 7.64. The van der Waals surface area contributed by atoms with E-state index < -0.39 is 0 Å². The van der Waals surface area contributed by atoms with Gasteiger partial charge in [-0.1, -0.05) is 18.2 Å². The fourth-order valence-corrected chi connectivity index (χ4v) is 2.59. The van der Waals surface area contributed by atoms with Crippen LogP contribution in [0.3, 0.4) is 0 Å². The summed E-state index contributed by atoms with van der Waals surface area (Å²) < 4.78 is 5.97. The molecule has 4 nitrogen and oxygen atoms in total. The molecule has 112 valence electrons. The van der Waals surface area contributed by atoms with Crippen LogP contribution in [0, 0.1) is 0 Å². The number of hydrogen-bond donors (Lipinski definition) is 1. The molecule has 0 radical (unpaired) electrons. The molecule has 21 heavy (non-hydrogen) atoms. The third-order valence-corrected chi connectivity index (χ3v) is 3.97. The second kappa shape index (κ2) is 6.41. The zero-order valence-corrected chi connectivity index (χ0v) is 12.8. The van der Waals surface area contributed by atoms with Crippen LogP contribution in [0.15, 0.2) is 30.3 Å². The summed E-state index contributed by atoms with van der Waals surface area (Å²) in [4.78, 5) is 7.02. The smallest absolute Gasteiger partial charge is 0.221 e. The predicted octanol–water partition coefficient (Wildman–Crippen LogP) is 2.43. The maximum atomic E-state index is 5.97. The number of ether oxygens (including phenoxy) is 1. The molecule has 3 rings (SSSR count). The highest BCUT2D eigenvalue weighted by Gasteiger charge is 2.25. The van der Waals surface area contributed by atoms with Crippen LogP contribution in [0.4, 0.5) is 0 Å². The summed E-state index contributed by atoms with van der Waals surface area (Å²) in [6, 6.07) is 11.2. The first-order valence-corrected chi connectivity index (χ1v) is 7.64. The van der Waals surface area contributed by atoms with Gasteiger partial charge in [0.1, 0.15) is 6.61 Å². The lowest BCUT2D eigenvalue weighted by atomic mass is 10.1. The van der Waals surface area contributed by atoms with Crippen molar-refractivity contribution in [2.75, 3.05) is 27.2 Å². The molecular formula is C17H23N3O. The molecule has 2 aromatic rings. The maximum Gasteiger partial charge on any atom is 0.221 e. The third kappa shape index (κ3) is 3.52. The molecule has 1 N–H and O–H groups in total. The lowest BCUT2D eigenvalue weighted by Gasteiger charge is -2.16. The predicted molar refractivity (Wildman–Crippen MR) is 85.7 cm³/mol. The molecule has 1 heterocycles. The molecule has 1 saturated carbocycles. The number of nitrogens with zero attached hydrogens (tertiary/aromatic N) is 2. The third-order valence-electron chi connectivity index (χ3n) is 3.97. The van der Waals surface area contributed by atoms with Crippen molar-refractivity contribution >= 4 is 10.8 Å². The Kier molecular flexibility index (Phi) is 4.36. The summed E-state index contributed by atoms with van der Waals surface area (Å²) in [7, 11) is 4.10. The summed E-state index contributed by atoms with van der Waals surface area (Å²) in [6.45, 7) is 2.40. The minimum absolute atomic E-state index is 0.688. The van der Waals surface area contributed by atoms with Gasteiger partial charge in [0.15, 0.2) is 0 Å². The molecule has 1 aromatic heterocycles. The second-order valence-corrected chi connectivity index (χ2v) is 5.73. The summed E-state index contributed by atoms with van der Waals surface area (Å²) in [5.74, 6) is 0.752. The molecule has 0 bridgehead atoms.